The summed E-state index contributed by atoms with van der Waals surface area (Å²) in [5.41, 5.74) is 0.0595. The zero-order chi connectivity index (χ0) is 16.2. The van der Waals surface area contributed by atoms with Gasteiger partial charge in [-0.3, -0.25) is 4.79 Å². The number of carbonyl (C=O) groups excluding carboxylic acids is 1. The fourth-order valence-corrected chi connectivity index (χ4v) is 3.40. The third kappa shape index (κ3) is 4.65. The lowest BCUT2D eigenvalue weighted by molar-refractivity contribution is -0.127. The van der Waals surface area contributed by atoms with E-state index in [4.69, 9.17) is 4.74 Å². The summed E-state index contributed by atoms with van der Waals surface area (Å²) in [6.45, 7) is 8.90. The molecular weight excluding hydrogens is 296 g/mol. The van der Waals surface area contributed by atoms with Crippen LogP contribution < -0.4 is 0 Å². The summed E-state index contributed by atoms with van der Waals surface area (Å²) in [5, 5.41) is 1.10. The van der Waals surface area contributed by atoms with E-state index in [2.05, 4.69) is 25.8 Å². The number of carbonyl (C=O) groups is 1. The lowest BCUT2D eigenvalue weighted by Crippen LogP contribution is -2.38. The molecule has 0 unspecified atom stereocenters. The summed E-state index contributed by atoms with van der Waals surface area (Å²) in [5.74, 6) is 0.690. The Labute approximate surface area is 137 Å². The zero-order valence-corrected chi connectivity index (χ0v) is 14.8. The third-order valence-corrected chi connectivity index (χ3v) is 5.27. The Morgan fingerprint density at radius 3 is 2.68 bits per heavy atom. The highest BCUT2D eigenvalue weighted by molar-refractivity contribution is 7.12. The lowest BCUT2D eigenvalue weighted by atomic mass is 9.98. The number of piperidine rings is 1. The van der Waals surface area contributed by atoms with Crippen LogP contribution in [0.5, 0.6) is 0 Å². The van der Waals surface area contributed by atoms with Gasteiger partial charge in [-0.2, -0.15) is 0 Å². The van der Waals surface area contributed by atoms with Crippen LogP contribution in [0, 0.1) is 5.92 Å². The first-order valence-corrected chi connectivity index (χ1v) is 8.64. The Kier molecular flexibility index (Phi) is 5.75. The highest BCUT2D eigenvalue weighted by Crippen LogP contribution is 2.27. The topological polar surface area (TPSA) is 42.4 Å². The van der Waals surface area contributed by atoms with E-state index in [0.29, 0.717) is 5.92 Å². The second-order valence-electron chi connectivity index (χ2n) is 6.88. The second-order valence-corrected chi connectivity index (χ2v) is 7.94. The fourth-order valence-electron chi connectivity index (χ4n) is 2.52. The van der Waals surface area contributed by atoms with Crippen LogP contribution >= 0.6 is 11.3 Å². The summed E-state index contributed by atoms with van der Waals surface area (Å²) in [6.07, 6.45) is 7.47. The van der Waals surface area contributed by atoms with Gasteiger partial charge in [0.25, 0.3) is 0 Å². The molecule has 1 aliphatic heterocycles. The van der Waals surface area contributed by atoms with Crippen molar-refractivity contribution in [3.05, 3.63) is 22.2 Å². The van der Waals surface area contributed by atoms with Gasteiger partial charge in [0, 0.05) is 49.4 Å². The Morgan fingerprint density at radius 2 is 2.14 bits per heavy atom. The largest absolute Gasteiger partial charge is 0.384 e. The van der Waals surface area contributed by atoms with Crippen LogP contribution in [0.1, 0.15) is 43.5 Å². The van der Waals surface area contributed by atoms with E-state index in [9.17, 15) is 4.79 Å². The lowest BCUT2D eigenvalue weighted by Gasteiger charge is -2.30. The normalized spacial score (nSPS) is 17.4. The van der Waals surface area contributed by atoms with E-state index >= 15 is 0 Å². The number of rotatable bonds is 4. The van der Waals surface area contributed by atoms with Crippen molar-refractivity contribution in [2.45, 2.75) is 39.0 Å². The SMILES string of the molecule is COCC1CCN(C(=O)C=Cc2cnc(C(C)(C)C)s2)CC1. The Bertz CT molecular complexity index is 523. The molecule has 0 radical (unpaired) electrons. The minimum atomic E-state index is 0.0595. The molecule has 0 aromatic carbocycles. The van der Waals surface area contributed by atoms with Gasteiger partial charge in [0.05, 0.1) is 5.01 Å². The first-order valence-electron chi connectivity index (χ1n) is 7.82. The number of methoxy groups -OCH3 is 1. The van der Waals surface area contributed by atoms with Crippen LogP contribution in [0.4, 0.5) is 0 Å². The average Bonchev–Trinajstić information content (AvgIpc) is 2.95. The van der Waals surface area contributed by atoms with Gasteiger partial charge in [-0.05, 0) is 24.8 Å². The monoisotopic (exact) mass is 322 g/mol. The van der Waals surface area contributed by atoms with E-state index in [0.717, 1.165) is 42.4 Å². The Balaban J connectivity index is 1.88. The fraction of sp³-hybridized carbons (Fsp3) is 0.647. The van der Waals surface area contributed by atoms with Crippen molar-refractivity contribution in [3.8, 4) is 0 Å². The van der Waals surface area contributed by atoms with Crippen LogP contribution in [0.25, 0.3) is 6.08 Å². The van der Waals surface area contributed by atoms with Gasteiger partial charge in [0.2, 0.25) is 5.91 Å². The van der Waals surface area contributed by atoms with E-state index in [1.54, 1.807) is 24.5 Å². The second kappa shape index (κ2) is 7.38. The maximum absolute atomic E-state index is 12.2. The van der Waals surface area contributed by atoms with Gasteiger partial charge >= 0.3 is 0 Å². The quantitative estimate of drug-likeness (QED) is 0.799. The highest BCUT2D eigenvalue weighted by Gasteiger charge is 2.21. The van der Waals surface area contributed by atoms with Crippen molar-refractivity contribution in [1.82, 2.24) is 9.88 Å². The van der Waals surface area contributed by atoms with E-state index in [1.165, 1.54) is 0 Å². The molecule has 0 N–H and O–H groups in total. The van der Waals surface area contributed by atoms with Gasteiger partial charge in [-0.1, -0.05) is 20.8 Å². The number of amides is 1. The summed E-state index contributed by atoms with van der Waals surface area (Å²) < 4.78 is 5.19. The molecule has 1 aromatic rings. The van der Waals surface area contributed by atoms with Crippen molar-refractivity contribution in [2.75, 3.05) is 26.8 Å². The minimum Gasteiger partial charge on any atom is -0.384 e. The molecular formula is C17H26N2O2S. The molecule has 2 rings (SSSR count). The number of nitrogens with zero attached hydrogens (tertiary/aromatic N) is 2. The number of hydrogen-bond donors (Lipinski definition) is 0. The van der Waals surface area contributed by atoms with Crippen molar-refractivity contribution in [2.24, 2.45) is 5.92 Å². The molecule has 0 bridgehead atoms. The number of ether oxygens (including phenoxy) is 1. The molecule has 0 saturated carbocycles. The van der Waals surface area contributed by atoms with E-state index < -0.39 is 0 Å². The molecule has 2 heterocycles. The number of thiazole rings is 1. The molecule has 0 aliphatic carbocycles. The van der Waals surface area contributed by atoms with Crippen LogP contribution in [-0.4, -0.2) is 42.6 Å². The van der Waals surface area contributed by atoms with Crippen molar-refractivity contribution in [3.63, 3.8) is 0 Å². The van der Waals surface area contributed by atoms with Crippen molar-refractivity contribution < 1.29 is 9.53 Å². The van der Waals surface area contributed by atoms with Gasteiger partial charge in [0.1, 0.15) is 0 Å². The molecule has 4 nitrogen and oxygen atoms in total. The Morgan fingerprint density at radius 1 is 1.45 bits per heavy atom. The molecule has 1 aliphatic rings. The van der Waals surface area contributed by atoms with Gasteiger partial charge < -0.3 is 9.64 Å². The molecule has 1 saturated heterocycles. The third-order valence-electron chi connectivity index (χ3n) is 3.88. The molecule has 1 aromatic heterocycles. The van der Waals surface area contributed by atoms with E-state index in [1.807, 2.05) is 17.2 Å². The van der Waals surface area contributed by atoms with Crippen molar-refractivity contribution in [1.29, 1.82) is 0 Å². The van der Waals surface area contributed by atoms with Gasteiger partial charge in [-0.25, -0.2) is 4.98 Å². The number of likely N-dealkylation sites (tertiary alicyclic amines) is 1. The van der Waals surface area contributed by atoms with Crippen molar-refractivity contribution >= 4 is 23.3 Å². The highest BCUT2D eigenvalue weighted by atomic mass is 32.1. The summed E-state index contributed by atoms with van der Waals surface area (Å²) in [4.78, 5) is 19.6. The first kappa shape index (κ1) is 17.2. The molecule has 5 heteroatoms. The molecule has 1 amide bonds. The number of hydrogen-bond acceptors (Lipinski definition) is 4. The van der Waals surface area contributed by atoms with Gasteiger partial charge in [0.15, 0.2) is 0 Å². The average molecular weight is 322 g/mol. The number of aromatic nitrogens is 1. The Hall–Kier alpha value is -1.20. The summed E-state index contributed by atoms with van der Waals surface area (Å²) in [6, 6.07) is 0. The predicted octanol–water partition coefficient (Wildman–Crippen LogP) is 3.34. The predicted molar refractivity (Wildman–Crippen MR) is 91.0 cm³/mol. The molecule has 1 fully saturated rings. The molecule has 122 valence electrons. The standard InChI is InChI=1S/C17H26N2O2S/c1-17(2,3)16-18-11-14(22-16)5-6-15(20)19-9-7-13(8-10-19)12-21-4/h5-6,11,13H,7-10,12H2,1-4H3. The maximum atomic E-state index is 12.2. The molecule has 22 heavy (non-hydrogen) atoms. The minimum absolute atomic E-state index is 0.0595. The summed E-state index contributed by atoms with van der Waals surface area (Å²) >= 11 is 1.65. The van der Waals surface area contributed by atoms with Crippen LogP contribution in [0.15, 0.2) is 12.3 Å². The van der Waals surface area contributed by atoms with Gasteiger partial charge in [-0.15, -0.1) is 11.3 Å². The first-order chi connectivity index (χ1) is 10.4. The van der Waals surface area contributed by atoms with E-state index in [-0.39, 0.29) is 11.3 Å². The smallest absolute Gasteiger partial charge is 0.246 e. The maximum Gasteiger partial charge on any atom is 0.246 e. The zero-order valence-electron chi connectivity index (χ0n) is 14.0. The molecule has 0 atom stereocenters. The van der Waals surface area contributed by atoms with Crippen LogP contribution in [0.3, 0.4) is 0 Å². The molecule has 0 spiro atoms. The van der Waals surface area contributed by atoms with Crippen LogP contribution in [-0.2, 0) is 14.9 Å². The summed E-state index contributed by atoms with van der Waals surface area (Å²) in [7, 11) is 1.74. The van der Waals surface area contributed by atoms with Crippen LogP contribution in [0.2, 0.25) is 0 Å².